The molecule has 1 aliphatic rings. The zero-order valence-corrected chi connectivity index (χ0v) is 5.64. The van der Waals surface area contributed by atoms with Crippen LogP contribution in [0.15, 0.2) is 12.7 Å². The van der Waals surface area contributed by atoms with Crippen molar-refractivity contribution in [2.75, 3.05) is 26.2 Å². The zero-order valence-electron chi connectivity index (χ0n) is 5.64. The predicted octanol–water partition coefficient (Wildman–Crippen LogP) is 0.239. The first kappa shape index (κ1) is 6.78. The van der Waals surface area contributed by atoms with E-state index in [1.54, 1.807) is 0 Å². The minimum atomic E-state index is 0.988. The summed E-state index contributed by atoms with van der Waals surface area (Å²) in [6.07, 6.45) is 1.93. The number of rotatable bonds is 2. The molecule has 2 heteroatoms. The second kappa shape index (κ2) is 3.64. The Morgan fingerprint density at radius 1 is 1.78 bits per heavy atom. The highest BCUT2D eigenvalue weighted by Crippen LogP contribution is 1.94. The Kier molecular flexibility index (Phi) is 2.74. The van der Waals surface area contributed by atoms with E-state index < -0.39 is 0 Å². The quantitative estimate of drug-likeness (QED) is 0.532. The molecule has 0 amide bonds. The van der Waals surface area contributed by atoms with Crippen molar-refractivity contribution >= 4 is 0 Å². The van der Waals surface area contributed by atoms with Gasteiger partial charge in [-0.2, -0.15) is 0 Å². The molecule has 1 aliphatic heterocycles. The Hall–Kier alpha value is -0.340. The van der Waals surface area contributed by atoms with Gasteiger partial charge in [0.2, 0.25) is 0 Å². The van der Waals surface area contributed by atoms with Gasteiger partial charge in [0, 0.05) is 32.7 Å². The van der Waals surface area contributed by atoms with E-state index in [1.165, 1.54) is 0 Å². The highest BCUT2D eigenvalue weighted by atomic mass is 15.2. The summed E-state index contributed by atoms with van der Waals surface area (Å²) in [6, 6.07) is 0. The van der Waals surface area contributed by atoms with Gasteiger partial charge < -0.3 is 5.32 Å². The van der Waals surface area contributed by atoms with Crippen LogP contribution in [0.4, 0.5) is 0 Å². The third-order valence-corrected chi connectivity index (χ3v) is 1.43. The highest BCUT2D eigenvalue weighted by molar-refractivity contribution is 4.83. The molecule has 0 aromatic carbocycles. The van der Waals surface area contributed by atoms with Crippen LogP contribution >= 0.6 is 0 Å². The Bertz CT molecular complexity index is 84.9. The smallest absolute Gasteiger partial charge is 0.0392 e. The van der Waals surface area contributed by atoms with E-state index >= 15 is 0 Å². The van der Waals surface area contributed by atoms with Gasteiger partial charge in [0.1, 0.15) is 0 Å². The third kappa shape index (κ3) is 2.16. The molecule has 1 rings (SSSR count). The zero-order chi connectivity index (χ0) is 6.53. The fourth-order valence-electron chi connectivity index (χ4n) is 0.941. The van der Waals surface area contributed by atoms with Gasteiger partial charge in [-0.15, -0.1) is 6.58 Å². The first-order chi connectivity index (χ1) is 4.43. The second-order valence-corrected chi connectivity index (χ2v) is 2.17. The molecule has 1 saturated heterocycles. The largest absolute Gasteiger partial charge is 0.314 e. The normalized spacial score (nSPS) is 21.8. The average molecular weight is 125 g/mol. The maximum Gasteiger partial charge on any atom is 0.0392 e. The van der Waals surface area contributed by atoms with Crippen molar-refractivity contribution in [3.63, 3.8) is 0 Å². The molecule has 0 unspecified atom stereocenters. The van der Waals surface area contributed by atoms with E-state index in [-0.39, 0.29) is 0 Å². The van der Waals surface area contributed by atoms with Gasteiger partial charge in [0.25, 0.3) is 0 Å². The van der Waals surface area contributed by atoms with E-state index in [9.17, 15) is 0 Å². The van der Waals surface area contributed by atoms with Crippen molar-refractivity contribution in [1.29, 1.82) is 0 Å². The van der Waals surface area contributed by atoms with Crippen LogP contribution in [0, 0.1) is 6.54 Å². The number of nitrogens with one attached hydrogen (secondary N) is 1. The molecule has 0 aromatic heterocycles. The molecule has 9 heavy (non-hydrogen) atoms. The summed E-state index contributed by atoms with van der Waals surface area (Å²) < 4.78 is 0. The molecule has 1 heterocycles. The Morgan fingerprint density at radius 3 is 3.22 bits per heavy atom. The SMILES string of the molecule is C=CCN1[CH]CNCC1. The van der Waals surface area contributed by atoms with Crippen LogP contribution in [0.25, 0.3) is 0 Å². The van der Waals surface area contributed by atoms with Crippen LogP contribution in [0.1, 0.15) is 0 Å². The van der Waals surface area contributed by atoms with Gasteiger partial charge >= 0.3 is 0 Å². The van der Waals surface area contributed by atoms with Gasteiger partial charge in [-0.3, -0.25) is 4.90 Å². The van der Waals surface area contributed by atoms with Crippen molar-refractivity contribution in [3.8, 4) is 0 Å². The minimum Gasteiger partial charge on any atom is -0.314 e. The van der Waals surface area contributed by atoms with Crippen molar-refractivity contribution in [2.24, 2.45) is 0 Å². The lowest BCUT2D eigenvalue weighted by Crippen LogP contribution is -2.39. The lowest BCUT2D eigenvalue weighted by Gasteiger charge is -2.24. The van der Waals surface area contributed by atoms with E-state index in [1.807, 2.05) is 6.08 Å². The molecule has 0 bridgehead atoms. The lowest BCUT2D eigenvalue weighted by molar-refractivity contribution is 0.320. The predicted molar refractivity (Wildman–Crippen MR) is 38.9 cm³/mol. The van der Waals surface area contributed by atoms with Gasteiger partial charge in [-0.25, -0.2) is 0 Å². The van der Waals surface area contributed by atoms with Crippen LogP contribution in [0.2, 0.25) is 0 Å². The average Bonchev–Trinajstić information content (AvgIpc) is 1.91. The fourth-order valence-corrected chi connectivity index (χ4v) is 0.941. The summed E-state index contributed by atoms with van der Waals surface area (Å²) in [4.78, 5) is 2.27. The van der Waals surface area contributed by atoms with Crippen LogP contribution in [0.3, 0.4) is 0 Å². The van der Waals surface area contributed by atoms with E-state index in [2.05, 4.69) is 23.3 Å². The maximum atomic E-state index is 3.67. The molecule has 1 fully saturated rings. The summed E-state index contributed by atoms with van der Waals surface area (Å²) in [7, 11) is 0. The fraction of sp³-hybridized carbons (Fsp3) is 0.571. The van der Waals surface area contributed by atoms with E-state index in [4.69, 9.17) is 0 Å². The van der Waals surface area contributed by atoms with E-state index in [0.29, 0.717) is 0 Å². The summed E-state index contributed by atoms with van der Waals surface area (Å²) in [6.45, 7) is 10.1. The minimum absolute atomic E-state index is 0.988. The standard InChI is InChI=1S/C7H13N2/c1-2-5-9-6-3-8-4-7-9/h2,6,8H,1,3-5,7H2. The summed E-state index contributed by atoms with van der Waals surface area (Å²) >= 11 is 0. The van der Waals surface area contributed by atoms with Gasteiger partial charge in [0.05, 0.1) is 0 Å². The molecule has 0 saturated carbocycles. The van der Waals surface area contributed by atoms with Crippen molar-refractivity contribution in [1.82, 2.24) is 10.2 Å². The molecule has 0 aromatic rings. The van der Waals surface area contributed by atoms with Crippen LogP contribution < -0.4 is 5.32 Å². The molecule has 0 spiro atoms. The topological polar surface area (TPSA) is 15.3 Å². The van der Waals surface area contributed by atoms with Crippen LogP contribution in [-0.4, -0.2) is 31.1 Å². The van der Waals surface area contributed by atoms with Crippen molar-refractivity contribution in [2.45, 2.75) is 0 Å². The molecule has 1 radical (unpaired) electrons. The Labute approximate surface area is 56.5 Å². The number of nitrogens with zero attached hydrogens (tertiary/aromatic N) is 1. The molecular formula is C7H13N2. The summed E-state index contributed by atoms with van der Waals surface area (Å²) in [5.74, 6) is 0. The Morgan fingerprint density at radius 2 is 2.67 bits per heavy atom. The second-order valence-electron chi connectivity index (χ2n) is 2.17. The monoisotopic (exact) mass is 125 g/mol. The maximum absolute atomic E-state index is 3.67. The third-order valence-electron chi connectivity index (χ3n) is 1.43. The lowest BCUT2D eigenvalue weighted by atomic mass is 10.3. The molecule has 0 aliphatic carbocycles. The van der Waals surface area contributed by atoms with Crippen molar-refractivity contribution in [3.05, 3.63) is 19.2 Å². The molecule has 0 atom stereocenters. The highest BCUT2D eigenvalue weighted by Gasteiger charge is 2.06. The van der Waals surface area contributed by atoms with Gasteiger partial charge in [-0.1, -0.05) is 6.08 Å². The van der Waals surface area contributed by atoms with Gasteiger partial charge in [-0.05, 0) is 0 Å². The van der Waals surface area contributed by atoms with Crippen LogP contribution in [-0.2, 0) is 0 Å². The number of piperazine rings is 1. The first-order valence-electron chi connectivity index (χ1n) is 3.32. The first-order valence-corrected chi connectivity index (χ1v) is 3.32. The summed E-state index contributed by atoms with van der Waals surface area (Å²) in [5, 5.41) is 3.24. The molecular weight excluding hydrogens is 112 g/mol. The number of hydrogen-bond acceptors (Lipinski definition) is 2. The van der Waals surface area contributed by atoms with E-state index in [0.717, 1.165) is 26.2 Å². The molecule has 1 N–H and O–H groups in total. The molecule has 51 valence electrons. The van der Waals surface area contributed by atoms with Gasteiger partial charge in [0.15, 0.2) is 0 Å². The van der Waals surface area contributed by atoms with Crippen molar-refractivity contribution < 1.29 is 0 Å². The summed E-state index contributed by atoms with van der Waals surface area (Å²) in [5.41, 5.74) is 0. The molecule has 2 nitrogen and oxygen atoms in total. The number of hydrogen-bond donors (Lipinski definition) is 1. The Balaban J connectivity index is 2.15. The van der Waals surface area contributed by atoms with Crippen LogP contribution in [0.5, 0.6) is 0 Å².